The van der Waals surface area contributed by atoms with Crippen LogP contribution in [0.15, 0.2) is 11.4 Å². The quantitative estimate of drug-likeness (QED) is 0.883. The second-order valence-electron chi connectivity index (χ2n) is 4.58. The number of rotatable bonds is 3. The van der Waals surface area contributed by atoms with Crippen LogP contribution in [-0.2, 0) is 13.0 Å². The van der Waals surface area contributed by atoms with E-state index in [1.807, 2.05) is 4.90 Å². The minimum Gasteiger partial charge on any atom is -0.476 e. The summed E-state index contributed by atoms with van der Waals surface area (Å²) in [6.45, 7) is 2.90. The van der Waals surface area contributed by atoms with Gasteiger partial charge < -0.3 is 10.0 Å². The van der Waals surface area contributed by atoms with Crippen molar-refractivity contribution in [3.05, 3.63) is 32.5 Å². The summed E-state index contributed by atoms with van der Waals surface area (Å²) in [5.41, 5.74) is 1.13. The first-order chi connectivity index (χ1) is 9.56. The van der Waals surface area contributed by atoms with Crippen LogP contribution in [0.3, 0.4) is 0 Å². The van der Waals surface area contributed by atoms with Gasteiger partial charge in [0.05, 0.1) is 0 Å². The predicted octanol–water partition coefficient (Wildman–Crippen LogP) is 2.67. The van der Waals surface area contributed by atoms with Gasteiger partial charge in [0.25, 0.3) is 0 Å². The lowest BCUT2D eigenvalue weighted by Crippen LogP contribution is -2.29. The summed E-state index contributed by atoms with van der Waals surface area (Å²) < 4.78 is 0. The van der Waals surface area contributed by atoms with Gasteiger partial charge in [-0.1, -0.05) is 11.3 Å². The third-order valence-corrected chi connectivity index (χ3v) is 5.46. The van der Waals surface area contributed by atoms with Crippen molar-refractivity contribution in [2.24, 2.45) is 0 Å². The predicted molar refractivity (Wildman–Crippen MR) is 78.2 cm³/mol. The number of thiophene rings is 1. The van der Waals surface area contributed by atoms with Crippen LogP contribution in [0.5, 0.6) is 0 Å². The molecule has 5 nitrogen and oxygen atoms in total. The normalized spacial score (nSPS) is 14.2. The Balaban J connectivity index is 1.94. The second kappa shape index (κ2) is 4.99. The van der Waals surface area contributed by atoms with Crippen molar-refractivity contribution in [3.63, 3.8) is 0 Å². The summed E-state index contributed by atoms with van der Waals surface area (Å²) in [6.07, 6.45) is 0.935. The average molecular weight is 308 g/mol. The zero-order valence-electron chi connectivity index (χ0n) is 10.8. The van der Waals surface area contributed by atoms with E-state index in [0.29, 0.717) is 5.13 Å². The van der Waals surface area contributed by atoms with Crippen LogP contribution in [0.2, 0.25) is 0 Å². The molecule has 0 aliphatic carbocycles. The van der Waals surface area contributed by atoms with Crippen LogP contribution in [0, 0.1) is 0 Å². The molecule has 0 atom stereocenters. The van der Waals surface area contributed by atoms with Crippen molar-refractivity contribution in [2.45, 2.75) is 19.9 Å². The lowest BCUT2D eigenvalue weighted by Gasteiger charge is -2.26. The zero-order chi connectivity index (χ0) is 14.3. The number of hydrogen-bond acceptors (Lipinski definition) is 6. The maximum absolute atomic E-state index is 11.5. The van der Waals surface area contributed by atoms with E-state index in [1.165, 1.54) is 28.7 Å². The lowest BCUT2D eigenvalue weighted by atomic mass is 10.1. The second-order valence-corrected chi connectivity index (χ2v) is 6.55. The number of hydrogen-bond donors (Lipinski definition) is 1. The molecule has 0 unspecified atom stereocenters. The highest BCUT2D eigenvalue weighted by Gasteiger charge is 2.25. The molecule has 1 aliphatic rings. The van der Waals surface area contributed by atoms with Crippen molar-refractivity contribution in [1.29, 1.82) is 0 Å². The number of anilines is 1. The fourth-order valence-electron chi connectivity index (χ4n) is 2.24. The minimum absolute atomic E-state index is 0.131. The molecule has 104 valence electrons. The van der Waals surface area contributed by atoms with Gasteiger partial charge in [0, 0.05) is 24.9 Å². The number of nitrogens with zero attached hydrogens (tertiary/aromatic N) is 2. The molecule has 1 N–H and O–H groups in total. The number of carbonyl (C=O) groups excluding carboxylic acids is 1. The summed E-state index contributed by atoms with van der Waals surface area (Å²) in [5.74, 6) is -1.40. The molecule has 0 amide bonds. The fourth-order valence-corrected chi connectivity index (χ4v) is 4.11. The molecule has 0 aromatic carbocycles. The molecule has 2 aromatic rings. The number of ketones is 1. The van der Waals surface area contributed by atoms with Crippen LogP contribution in [0.25, 0.3) is 0 Å². The van der Waals surface area contributed by atoms with Gasteiger partial charge in [-0.05, 0) is 23.4 Å². The first-order valence-corrected chi connectivity index (χ1v) is 7.81. The number of carboxylic acid groups (broad SMARTS) is 1. The van der Waals surface area contributed by atoms with Crippen molar-refractivity contribution in [3.8, 4) is 0 Å². The minimum atomic E-state index is -1.15. The van der Waals surface area contributed by atoms with E-state index in [9.17, 15) is 9.59 Å². The number of aromatic carboxylic acids is 1. The highest BCUT2D eigenvalue weighted by atomic mass is 32.1. The van der Waals surface area contributed by atoms with Gasteiger partial charge in [0.15, 0.2) is 16.6 Å². The Morgan fingerprint density at radius 1 is 1.45 bits per heavy atom. The van der Waals surface area contributed by atoms with E-state index in [4.69, 9.17) is 5.11 Å². The topological polar surface area (TPSA) is 70.5 Å². The fraction of sp³-hybridized carbons (Fsp3) is 0.308. The Hall–Kier alpha value is -1.73. The molecular weight excluding hydrogens is 296 g/mol. The van der Waals surface area contributed by atoms with Crippen LogP contribution < -0.4 is 4.90 Å². The first-order valence-electron chi connectivity index (χ1n) is 6.11. The summed E-state index contributed by atoms with van der Waals surface area (Å²) in [5, 5.41) is 11.8. The van der Waals surface area contributed by atoms with Crippen LogP contribution in [-0.4, -0.2) is 28.4 Å². The third kappa shape index (κ3) is 2.23. The Morgan fingerprint density at radius 2 is 2.25 bits per heavy atom. The van der Waals surface area contributed by atoms with Gasteiger partial charge in [-0.3, -0.25) is 4.79 Å². The molecule has 0 saturated carbocycles. The maximum Gasteiger partial charge on any atom is 0.356 e. The molecular formula is C13H12N2O3S2. The average Bonchev–Trinajstić information content (AvgIpc) is 3.04. The summed E-state index contributed by atoms with van der Waals surface area (Å²) >= 11 is 2.92. The van der Waals surface area contributed by atoms with E-state index in [1.54, 1.807) is 11.3 Å². The van der Waals surface area contributed by atoms with E-state index in [0.717, 1.165) is 19.5 Å². The van der Waals surface area contributed by atoms with E-state index in [2.05, 4.69) is 16.4 Å². The van der Waals surface area contributed by atoms with E-state index >= 15 is 0 Å². The molecule has 0 fully saturated rings. The summed E-state index contributed by atoms with van der Waals surface area (Å²) in [6, 6.07) is 2.09. The van der Waals surface area contributed by atoms with Crippen molar-refractivity contribution in [1.82, 2.24) is 4.98 Å². The van der Waals surface area contributed by atoms with Crippen LogP contribution in [0.4, 0.5) is 5.13 Å². The molecule has 2 aromatic heterocycles. The van der Waals surface area contributed by atoms with Gasteiger partial charge in [-0.15, -0.1) is 11.3 Å². The molecule has 1 aliphatic heterocycles. The van der Waals surface area contributed by atoms with Gasteiger partial charge in [-0.25, -0.2) is 9.78 Å². The highest BCUT2D eigenvalue weighted by molar-refractivity contribution is 7.17. The van der Waals surface area contributed by atoms with Crippen molar-refractivity contribution in [2.75, 3.05) is 11.4 Å². The maximum atomic E-state index is 11.5. The number of aromatic nitrogens is 1. The van der Waals surface area contributed by atoms with Crippen molar-refractivity contribution < 1.29 is 14.7 Å². The van der Waals surface area contributed by atoms with Gasteiger partial charge in [-0.2, -0.15) is 0 Å². The monoisotopic (exact) mass is 308 g/mol. The number of carboxylic acids is 1. The standard InChI is InChI=1S/C13H12N2O3S2/c1-7(16)11-10(12(17)18)14-13(20-11)15-4-2-9-8(6-15)3-5-19-9/h3,5H,2,4,6H2,1H3,(H,17,18). The lowest BCUT2D eigenvalue weighted by molar-refractivity contribution is 0.0687. The largest absolute Gasteiger partial charge is 0.476 e. The molecule has 3 rings (SSSR count). The first kappa shape index (κ1) is 13.3. The number of thiazole rings is 1. The SMILES string of the molecule is CC(=O)c1sc(N2CCc3sccc3C2)nc1C(=O)O. The van der Waals surface area contributed by atoms with Crippen LogP contribution in [0.1, 0.15) is 37.5 Å². The van der Waals surface area contributed by atoms with E-state index < -0.39 is 5.97 Å². The van der Waals surface area contributed by atoms with Crippen LogP contribution >= 0.6 is 22.7 Å². The molecule has 3 heterocycles. The summed E-state index contributed by atoms with van der Waals surface area (Å²) in [7, 11) is 0. The molecule has 7 heteroatoms. The van der Waals surface area contributed by atoms with Gasteiger partial charge in [0.1, 0.15) is 4.88 Å². The number of fused-ring (bicyclic) bond motifs is 1. The smallest absolute Gasteiger partial charge is 0.356 e. The third-order valence-electron chi connectivity index (χ3n) is 3.22. The zero-order valence-corrected chi connectivity index (χ0v) is 12.4. The molecule has 0 saturated heterocycles. The van der Waals surface area contributed by atoms with Gasteiger partial charge >= 0.3 is 5.97 Å². The molecule has 0 spiro atoms. The van der Waals surface area contributed by atoms with Gasteiger partial charge in [0.2, 0.25) is 0 Å². The Morgan fingerprint density at radius 3 is 2.90 bits per heavy atom. The molecule has 0 bridgehead atoms. The Labute approximate surface area is 123 Å². The van der Waals surface area contributed by atoms with Crippen molar-refractivity contribution >= 4 is 39.6 Å². The Kier molecular flexibility index (Phi) is 3.31. The Bertz CT molecular complexity index is 658. The molecule has 20 heavy (non-hydrogen) atoms. The molecule has 0 radical (unpaired) electrons. The number of Topliss-reactive ketones (excluding diaryl/α,β-unsaturated/α-hetero) is 1. The number of carbonyl (C=O) groups is 2. The highest BCUT2D eigenvalue weighted by Crippen LogP contribution is 2.32. The van der Waals surface area contributed by atoms with E-state index in [-0.39, 0.29) is 16.4 Å². The summed E-state index contributed by atoms with van der Waals surface area (Å²) in [4.78, 5) is 30.5.